The lowest BCUT2D eigenvalue weighted by Gasteiger charge is -2.21. The molecule has 2 heterocycles. The molecule has 1 atom stereocenters. The molecule has 0 bridgehead atoms. The lowest BCUT2D eigenvalue weighted by Crippen LogP contribution is -2.25. The molecular formula is C10H13N5O4. The number of aliphatic hydroxyl groups excluding tert-OH is 1. The smallest absolute Gasteiger partial charge is 0.323 e. The van der Waals surface area contributed by atoms with Gasteiger partial charge >= 0.3 is 5.82 Å². The summed E-state index contributed by atoms with van der Waals surface area (Å²) in [7, 11) is 0. The Kier molecular flexibility index (Phi) is 3.76. The van der Waals surface area contributed by atoms with Gasteiger partial charge in [-0.2, -0.15) is 4.91 Å². The van der Waals surface area contributed by atoms with Crippen molar-refractivity contribution in [3.8, 4) is 0 Å². The Bertz CT molecular complexity index is 557. The molecule has 2 aromatic heterocycles. The monoisotopic (exact) mass is 267 g/mol. The van der Waals surface area contributed by atoms with Crippen molar-refractivity contribution in [1.82, 2.24) is 14.3 Å². The highest BCUT2D eigenvalue weighted by Crippen LogP contribution is 2.16. The Morgan fingerprint density at radius 1 is 1.58 bits per heavy atom. The molecule has 0 aliphatic heterocycles. The number of nitroso groups, excluding NO2 is 1. The number of nitrogens with one attached hydrogen (secondary N) is 1. The van der Waals surface area contributed by atoms with Crippen LogP contribution in [-0.4, -0.2) is 37.5 Å². The zero-order chi connectivity index (χ0) is 13.8. The zero-order valence-corrected chi connectivity index (χ0v) is 9.97. The summed E-state index contributed by atoms with van der Waals surface area (Å²) < 4.78 is 3.05. The van der Waals surface area contributed by atoms with Crippen molar-refractivity contribution in [2.75, 3.05) is 13.2 Å². The van der Waals surface area contributed by atoms with Crippen LogP contribution in [0.25, 0.3) is 0 Å². The van der Waals surface area contributed by atoms with Gasteiger partial charge in [-0.05, 0) is 11.0 Å². The number of nitro groups is 1. The first-order valence-electron chi connectivity index (χ1n) is 5.61. The molecule has 102 valence electrons. The summed E-state index contributed by atoms with van der Waals surface area (Å²) >= 11 is 0. The molecular weight excluding hydrogens is 254 g/mol. The Morgan fingerprint density at radius 3 is 2.89 bits per heavy atom. The molecule has 9 heteroatoms. The van der Waals surface area contributed by atoms with Crippen LogP contribution in [0.2, 0.25) is 0 Å². The number of hydrogen-bond acceptors (Lipinski definition) is 5. The third-order valence-corrected chi connectivity index (χ3v) is 2.79. The molecule has 0 aromatic carbocycles. The van der Waals surface area contributed by atoms with Crippen LogP contribution in [0.4, 0.5) is 5.82 Å². The third-order valence-electron chi connectivity index (χ3n) is 2.79. The van der Waals surface area contributed by atoms with Gasteiger partial charge in [-0.15, -0.1) is 0 Å². The molecule has 0 amide bonds. The van der Waals surface area contributed by atoms with Crippen LogP contribution in [0.3, 0.4) is 0 Å². The van der Waals surface area contributed by atoms with Crippen molar-refractivity contribution in [2.45, 2.75) is 12.6 Å². The van der Waals surface area contributed by atoms with Crippen molar-refractivity contribution in [1.29, 1.82) is 0 Å². The Balaban J connectivity index is 2.03. The fourth-order valence-corrected chi connectivity index (χ4v) is 1.81. The van der Waals surface area contributed by atoms with E-state index in [1.807, 2.05) is 0 Å². The molecule has 2 N–H and O–H groups in total. The van der Waals surface area contributed by atoms with Crippen molar-refractivity contribution in [3.63, 3.8) is 0 Å². The predicted octanol–water partition coefficient (Wildman–Crippen LogP) is 0.874. The molecule has 0 saturated carbocycles. The van der Waals surface area contributed by atoms with Crippen LogP contribution in [0, 0.1) is 15.0 Å². The van der Waals surface area contributed by atoms with Crippen LogP contribution in [-0.2, 0) is 6.54 Å². The fourth-order valence-electron chi connectivity index (χ4n) is 1.81. The number of aliphatic hydroxyl groups is 1. The Morgan fingerprint density at radius 2 is 2.32 bits per heavy atom. The van der Waals surface area contributed by atoms with Gasteiger partial charge in [0.2, 0.25) is 0 Å². The van der Waals surface area contributed by atoms with Gasteiger partial charge in [-0.3, -0.25) is 9.78 Å². The average molecular weight is 267 g/mol. The summed E-state index contributed by atoms with van der Waals surface area (Å²) in [5.74, 6) is 0.00872. The second-order valence-electron chi connectivity index (χ2n) is 4.07. The van der Waals surface area contributed by atoms with E-state index in [9.17, 15) is 15.0 Å². The van der Waals surface area contributed by atoms with Crippen LogP contribution >= 0.6 is 0 Å². The molecule has 0 aliphatic rings. The summed E-state index contributed by atoms with van der Waals surface area (Å²) in [6, 6.07) is 2.60. The lowest BCUT2D eigenvalue weighted by atomic mass is 10.3. The minimum atomic E-state index is -0.455. The number of hydrogen-bond donors (Lipinski definition) is 2. The van der Waals surface area contributed by atoms with E-state index in [0.717, 1.165) is 5.69 Å². The van der Waals surface area contributed by atoms with Crippen molar-refractivity contribution in [3.05, 3.63) is 45.2 Å². The van der Waals surface area contributed by atoms with Gasteiger partial charge < -0.3 is 15.2 Å². The van der Waals surface area contributed by atoms with Crippen LogP contribution in [0.15, 0.2) is 29.7 Å². The van der Waals surface area contributed by atoms with Gasteiger partial charge in [0.25, 0.3) is 0 Å². The van der Waals surface area contributed by atoms with E-state index in [0.29, 0.717) is 6.54 Å². The predicted molar refractivity (Wildman–Crippen MR) is 65.8 cm³/mol. The number of H-pyrrole nitrogens is 1. The number of nitrogens with zero attached hydrogens (tertiary/aromatic N) is 4. The molecule has 0 saturated heterocycles. The van der Waals surface area contributed by atoms with Crippen LogP contribution in [0.1, 0.15) is 11.7 Å². The van der Waals surface area contributed by atoms with Gasteiger partial charge in [-0.1, -0.05) is 5.18 Å². The molecule has 2 rings (SSSR count). The van der Waals surface area contributed by atoms with E-state index in [2.05, 4.69) is 10.3 Å². The first kappa shape index (κ1) is 13.0. The lowest BCUT2D eigenvalue weighted by molar-refractivity contribution is -0.392. The van der Waals surface area contributed by atoms with Gasteiger partial charge in [0.15, 0.2) is 0 Å². The third kappa shape index (κ3) is 2.71. The SMILES string of the molecule is O=NCC(CO)n1cc(Cn2cccc2[N+](=O)[O-])[nH]1. The average Bonchev–Trinajstić information content (AvgIpc) is 2.79. The highest BCUT2D eigenvalue weighted by molar-refractivity contribution is 5.22. The summed E-state index contributed by atoms with van der Waals surface area (Å²) in [6.07, 6.45) is 3.30. The largest absolute Gasteiger partial charge is 0.394 e. The van der Waals surface area contributed by atoms with Crippen molar-refractivity contribution < 1.29 is 10.0 Å². The minimum Gasteiger partial charge on any atom is -0.394 e. The van der Waals surface area contributed by atoms with E-state index in [1.54, 1.807) is 23.1 Å². The first-order chi connectivity index (χ1) is 9.15. The fraction of sp³-hybridized carbons (Fsp3) is 0.400. The molecule has 19 heavy (non-hydrogen) atoms. The minimum absolute atomic E-state index is 0.00872. The van der Waals surface area contributed by atoms with E-state index in [1.165, 1.54) is 10.6 Å². The second kappa shape index (κ2) is 5.48. The highest BCUT2D eigenvalue weighted by Gasteiger charge is 2.17. The van der Waals surface area contributed by atoms with Gasteiger partial charge in [0, 0.05) is 12.3 Å². The van der Waals surface area contributed by atoms with Gasteiger partial charge in [0.05, 0.1) is 24.5 Å². The second-order valence-corrected chi connectivity index (χ2v) is 4.07. The summed E-state index contributed by atoms with van der Waals surface area (Å²) in [4.78, 5) is 20.4. The maximum absolute atomic E-state index is 10.7. The topological polar surface area (TPSA) is 118 Å². The highest BCUT2D eigenvalue weighted by atomic mass is 16.6. The molecule has 2 aromatic rings. The number of rotatable bonds is 7. The van der Waals surface area contributed by atoms with Gasteiger partial charge in [-0.25, -0.2) is 4.57 Å². The summed E-state index contributed by atoms with van der Waals surface area (Å²) in [5.41, 5.74) is 0.753. The maximum atomic E-state index is 10.7. The molecule has 0 aliphatic carbocycles. The Labute approximate surface area is 107 Å². The van der Waals surface area contributed by atoms with E-state index in [-0.39, 0.29) is 19.0 Å². The van der Waals surface area contributed by atoms with E-state index >= 15 is 0 Å². The molecule has 0 radical (unpaired) electrons. The molecule has 1 unspecified atom stereocenters. The van der Waals surface area contributed by atoms with Crippen LogP contribution < -0.4 is 0 Å². The summed E-state index contributed by atoms with van der Waals surface area (Å²) in [5, 5.41) is 25.4. The van der Waals surface area contributed by atoms with Crippen LogP contribution in [0.5, 0.6) is 0 Å². The van der Waals surface area contributed by atoms with E-state index in [4.69, 9.17) is 5.11 Å². The van der Waals surface area contributed by atoms with Crippen molar-refractivity contribution >= 4 is 5.82 Å². The number of aromatic amines is 1. The first-order valence-corrected chi connectivity index (χ1v) is 5.61. The maximum Gasteiger partial charge on any atom is 0.323 e. The van der Waals surface area contributed by atoms with Gasteiger partial charge in [0.1, 0.15) is 13.1 Å². The zero-order valence-electron chi connectivity index (χ0n) is 9.97. The van der Waals surface area contributed by atoms with E-state index < -0.39 is 11.0 Å². The quantitative estimate of drug-likeness (QED) is 0.439. The number of aromatic nitrogens is 3. The summed E-state index contributed by atoms with van der Waals surface area (Å²) in [6.45, 7) is 0.0929. The normalized spacial score (nSPS) is 12.5. The standard InChI is InChI=1S/C10H13N5O4/c16-7-9(4-11-17)14-6-8(12-14)5-13-3-1-2-10(13)15(18)19/h1-3,6,9,12,16H,4-5,7H2. The molecule has 0 fully saturated rings. The molecule has 9 nitrogen and oxygen atoms in total. The van der Waals surface area contributed by atoms with Crippen molar-refractivity contribution in [2.24, 2.45) is 5.18 Å². The molecule has 0 spiro atoms. The Hall–Kier alpha value is -2.42.